The number of hydrogen-bond donors (Lipinski definition) is 3. The topological polar surface area (TPSA) is 137 Å². The van der Waals surface area contributed by atoms with Crippen LogP contribution < -0.4 is 15.4 Å². The maximum atomic E-state index is 14.0. The lowest BCUT2D eigenvalue weighted by atomic mass is 10.0. The molecule has 3 N–H and O–H groups in total. The number of amides is 4. The first-order valence-electron chi connectivity index (χ1n) is 19.5. The van der Waals surface area contributed by atoms with Crippen LogP contribution >= 0.6 is 0 Å². The predicted octanol–water partition coefficient (Wildman–Crippen LogP) is 5.96. The molecule has 0 spiro atoms. The maximum absolute atomic E-state index is 14.0. The quantitative estimate of drug-likeness (QED) is 0.156. The third-order valence-corrected chi connectivity index (χ3v) is 11.2. The second-order valence-electron chi connectivity index (χ2n) is 15.2. The molecule has 3 heterocycles. The number of ether oxygens (including phenoxy) is 1. The normalized spacial score (nSPS) is 20.7. The molecule has 4 amide bonds. The van der Waals surface area contributed by atoms with E-state index in [2.05, 4.69) is 39.9 Å². The van der Waals surface area contributed by atoms with Crippen LogP contribution in [0.3, 0.4) is 0 Å². The molecule has 0 radical (unpaired) electrons. The minimum absolute atomic E-state index is 0.00655. The van der Waals surface area contributed by atoms with Gasteiger partial charge in [0.05, 0.1) is 24.0 Å². The molecular formula is C43H48N6O5. The summed E-state index contributed by atoms with van der Waals surface area (Å²) in [5.41, 5.74) is 4.77. The van der Waals surface area contributed by atoms with E-state index in [1.807, 2.05) is 70.6 Å². The van der Waals surface area contributed by atoms with Gasteiger partial charge < -0.3 is 30.2 Å². The van der Waals surface area contributed by atoms with Gasteiger partial charge in [0.15, 0.2) is 0 Å². The van der Waals surface area contributed by atoms with Gasteiger partial charge in [0.25, 0.3) is 0 Å². The van der Waals surface area contributed by atoms with E-state index in [4.69, 9.17) is 9.72 Å². The third kappa shape index (κ3) is 7.90. The zero-order valence-electron chi connectivity index (χ0n) is 30.7. The van der Waals surface area contributed by atoms with Crippen molar-refractivity contribution in [3.8, 4) is 28.1 Å². The van der Waals surface area contributed by atoms with Crippen LogP contribution in [0.1, 0.15) is 81.8 Å². The van der Waals surface area contributed by atoms with E-state index >= 15 is 0 Å². The van der Waals surface area contributed by atoms with E-state index in [-0.39, 0.29) is 47.5 Å². The fourth-order valence-electron chi connectivity index (χ4n) is 7.74. The standard InChI is InChI=1S/C43H48N6O5/c1-27(45-40(50)32-15-16-32)42(52)48-23-5-9-34(48)26-54-35-21-19-29(20-22-35)28-11-13-30(14-12-28)36-25-44-39(46-36)37-10-6-24-49(37)43(53)38(31-7-3-2-4-8-31)47-41(51)33-17-18-33/h2-4,7-8,11-14,19-22,25,27,32-34,37-38H,5-6,9-10,15-18,23-24,26H2,1H3,(H,44,46)(H,45,50)(H,47,51)/t27-,34+,37+,38-/m1/s1. The van der Waals surface area contributed by atoms with Crippen molar-refractivity contribution in [1.29, 1.82) is 0 Å². The summed E-state index contributed by atoms with van der Waals surface area (Å²) in [6.07, 6.45) is 8.86. The largest absolute Gasteiger partial charge is 0.491 e. The predicted molar refractivity (Wildman–Crippen MR) is 204 cm³/mol. The van der Waals surface area contributed by atoms with E-state index in [9.17, 15) is 19.2 Å². The molecule has 4 aliphatic rings. The smallest absolute Gasteiger partial charge is 0.250 e. The lowest BCUT2D eigenvalue weighted by Gasteiger charge is -2.28. The number of aromatic amines is 1. The third-order valence-electron chi connectivity index (χ3n) is 11.2. The van der Waals surface area contributed by atoms with Gasteiger partial charge in [-0.2, -0.15) is 0 Å². The summed E-state index contributed by atoms with van der Waals surface area (Å²) in [4.78, 5) is 64.0. The lowest BCUT2D eigenvalue weighted by Crippen LogP contribution is -2.50. The second-order valence-corrected chi connectivity index (χ2v) is 15.2. The first-order chi connectivity index (χ1) is 26.3. The number of carbonyl (C=O) groups is 4. The average Bonchev–Trinajstić information content (AvgIpc) is 4.08. The number of benzene rings is 3. The van der Waals surface area contributed by atoms with Crippen molar-refractivity contribution in [3.63, 3.8) is 0 Å². The molecule has 8 rings (SSSR count). The first kappa shape index (κ1) is 35.6. The van der Waals surface area contributed by atoms with Gasteiger partial charge in [-0.3, -0.25) is 19.2 Å². The van der Waals surface area contributed by atoms with Crippen LogP contribution in [-0.2, 0) is 19.2 Å². The minimum Gasteiger partial charge on any atom is -0.491 e. The molecule has 2 aliphatic heterocycles. The van der Waals surface area contributed by atoms with Gasteiger partial charge in [0.2, 0.25) is 23.6 Å². The second kappa shape index (κ2) is 15.5. The SMILES string of the molecule is C[C@@H](NC(=O)C1CC1)C(=O)N1CCC[C@H]1COc1ccc(-c2ccc(-c3cnc([C@@H]4CCCN4C(=O)[C@H](NC(=O)C4CC4)c4ccccc4)[nH]3)cc2)cc1. The monoisotopic (exact) mass is 728 g/mol. The number of likely N-dealkylation sites (tertiary alicyclic amines) is 2. The molecule has 280 valence electrons. The molecule has 2 aliphatic carbocycles. The molecule has 0 bridgehead atoms. The highest BCUT2D eigenvalue weighted by Gasteiger charge is 2.39. The number of imidazole rings is 1. The molecule has 11 nitrogen and oxygen atoms in total. The van der Waals surface area contributed by atoms with Gasteiger partial charge in [-0.1, -0.05) is 66.7 Å². The number of nitrogens with one attached hydrogen (secondary N) is 3. The van der Waals surface area contributed by atoms with E-state index < -0.39 is 12.1 Å². The molecule has 11 heteroatoms. The highest BCUT2D eigenvalue weighted by atomic mass is 16.5. The molecule has 1 aromatic heterocycles. The first-order valence-corrected chi connectivity index (χ1v) is 19.5. The molecular weight excluding hydrogens is 681 g/mol. The molecule has 54 heavy (non-hydrogen) atoms. The number of nitrogens with zero attached hydrogens (tertiary/aromatic N) is 3. The number of carbonyl (C=O) groups excluding carboxylic acids is 4. The summed E-state index contributed by atoms with van der Waals surface area (Å²) >= 11 is 0. The Morgan fingerprint density at radius 1 is 0.741 bits per heavy atom. The van der Waals surface area contributed by atoms with Gasteiger partial charge in [0, 0.05) is 24.9 Å². The van der Waals surface area contributed by atoms with Crippen molar-refractivity contribution in [3.05, 3.63) is 96.4 Å². The molecule has 2 saturated carbocycles. The minimum atomic E-state index is -0.724. The van der Waals surface area contributed by atoms with Crippen molar-refractivity contribution in [2.24, 2.45) is 11.8 Å². The Morgan fingerprint density at radius 3 is 2.04 bits per heavy atom. The summed E-state index contributed by atoms with van der Waals surface area (Å²) in [5, 5.41) is 5.92. The van der Waals surface area contributed by atoms with Crippen molar-refractivity contribution in [1.82, 2.24) is 30.4 Å². The number of aromatic nitrogens is 2. The fourth-order valence-corrected chi connectivity index (χ4v) is 7.74. The van der Waals surface area contributed by atoms with E-state index in [1.165, 1.54) is 0 Å². The van der Waals surface area contributed by atoms with Crippen LogP contribution in [0.25, 0.3) is 22.4 Å². The van der Waals surface area contributed by atoms with E-state index in [1.54, 1.807) is 6.92 Å². The van der Waals surface area contributed by atoms with Gasteiger partial charge in [0.1, 0.15) is 30.3 Å². The molecule has 4 fully saturated rings. The summed E-state index contributed by atoms with van der Waals surface area (Å²) in [7, 11) is 0. The summed E-state index contributed by atoms with van der Waals surface area (Å²) in [5.74, 6) is 1.36. The highest BCUT2D eigenvalue weighted by Crippen LogP contribution is 2.36. The van der Waals surface area contributed by atoms with Crippen molar-refractivity contribution < 1.29 is 23.9 Å². The number of rotatable bonds is 13. The molecule has 4 atom stereocenters. The van der Waals surface area contributed by atoms with Crippen LogP contribution in [0.5, 0.6) is 5.75 Å². The van der Waals surface area contributed by atoms with Crippen molar-refractivity contribution in [2.75, 3.05) is 19.7 Å². The zero-order valence-corrected chi connectivity index (χ0v) is 30.7. The Balaban J connectivity index is 0.875. The molecule has 0 unspecified atom stereocenters. The van der Waals surface area contributed by atoms with E-state index in [0.29, 0.717) is 19.7 Å². The Bertz CT molecular complexity index is 1970. The highest BCUT2D eigenvalue weighted by molar-refractivity contribution is 5.91. The average molecular weight is 729 g/mol. The number of H-pyrrole nitrogens is 1. The summed E-state index contributed by atoms with van der Waals surface area (Å²) in [6, 6.07) is 24.3. The maximum Gasteiger partial charge on any atom is 0.250 e. The van der Waals surface area contributed by atoms with Gasteiger partial charge in [-0.25, -0.2) is 4.98 Å². The Labute approximate surface area is 315 Å². The van der Waals surface area contributed by atoms with Gasteiger partial charge >= 0.3 is 0 Å². The lowest BCUT2D eigenvalue weighted by molar-refractivity contribution is -0.138. The van der Waals surface area contributed by atoms with Crippen molar-refractivity contribution in [2.45, 2.75) is 82.5 Å². The van der Waals surface area contributed by atoms with Crippen LogP contribution in [0, 0.1) is 11.8 Å². The molecule has 3 aromatic carbocycles. The fraction of sp³-hybridized carbons (Fsp3) is 0.419. The Kier molecular flexibility index (Phi) is 10.2. The van der Waals surface area contributed by atoms with Crippen molar-refractivity contribution >= 4 is 23.6 Å². The van der Waals surface area contributed by atoms with E-state index in [0.717, 1.165) is 90.9 Å². The van der Waals surface area contributed by atoms with Gasteiger partial charge in [-0.15, -0.1) is 0 Å². The van der Waals surface area contributed by atoms with Crippen LogP contribution in [0.2, 0.25) is 0 Å². The Morgan fingerprint density at radius 2 is 1.35 bits per heavy atom. The zero-order chi connectivity index (χ0) is 37.2. The summed E-state index contributed by atoms with van der Waals surface area (Å²) < 4.78 is 6.14. The Hall–Kier alpha value is -5.45. The van der Waals surface area contributed by atoms with Crippen LogP contribution in [-0.4, -0.2) is 75.2 Å². The van der Waals surface area contributed by atoms with Gasteiger partial charge in [-0.05, 0) is 92.7 Å². The van der Waals surface area contributed by atoms with Crippen LogP contribution in [0.15, 0.2) is 85.1 Å². The number of hydrogen-bond acceptors (Lipinski definition) is 6. The summed E-state index contributed by atoms with van der Waals surface area (Å²) in [6.45, 7) is 3.47. The molecule has 2 saturated heterocycles. The van der Waals surface area contributed by atoms with Crippen LogP contribution in [0.4, 0.5) is 0 Å². The molecule has 4 aromatic rings.